The van der Waals surface area contributed by atoms with E-state index in [9.17, 15) is 0 Å². The summed E-state index contributed by atoms with van der Waals surface area (Å²) in [7, 11) is 0. The molecule has 0 aliphatic carbocycles. The molecule has 114 valence electrons. The molecule has 0 saturated heterocycles. The molecule has 0 bridgehead atoms. The third-order valence-electron chi connectivity index (χ3n) is 3.98. The first-order valence-electron chi connectivity index (χ1n) is 7.77. The fourth-order valence-corrected chi connectivity index (χ4v) is 3.34. The first-order valence-corrected chi connectivity index (χ1v) is 8.65. The molecule has 0 spiro atoms. The number of nitrogens with one attached hydrogen (secondary N) is 1. The molecule has 2 rings (SSSR count). The number of hydrogen-bond acceptors (Lipinski definition) is 3. The molecule has 2 nitrogen and oxygen atoms in total. The fourth-order valence-electron chi connectivity index (χ4n) is 2.47. The maximum absolute atomic E-state index is 3.59. The monoisotopic (exact) mass is 302 g/mol. The molecule has 0 radical (unpaired) electrons. The van der Waals surface area contributed by atoms with Crippen LogP contribution in [0.15, 0.2) is 35.7 Å². The van der Waals surface area contributed by atoms with Gasteiger partial charge in [0.2, 0.25) is 0 Å². The molecule has 0 aliphatic heterocycles. The largest absolute Gasteiger partial charge is 0.308 e. The van der Waals surface area contributed by atoms with E-state index >= 15 is 0 Å². The lowest BCUT2D eigenvalue weighted by Crippen LogP contribution is -2.23. The highest BCUT2D eigenvalue weighted by atomic mass is 32.1. The molecule has 0 atom stereocenters. The molecule has 0 amide bonds. The quantitative estimate of drug-likeness (QED) is 0.786. The molecule has 3 heteroatoms. The Morgan fingerprint density at radius 2 is 1.71 bits per heavy atom. The molecular weight excluding hydrogens is 276 g/mol. The van der Waals surface area contributed by atoms with Gasteiger partial charge in [-0.15, -0.1) is 11.3 Å². The van der Waals surface area contributed by atoms with Crippen LogP contribution in [0, 0.1) is 6.92 Å². The van der Waals surface area contributed by atoms with Crippen molar-refractivity contribution in [3.05, 3.63) is 57.3 Å². The molecule has 0 aliphatic rings. The topological polar surface area (TPSA) is 15.3 Å². The molecule has 0 unspecified atom stereocenters. The van der Waals surface area contributed by atoms with Crippen LogP contribution in [0.3, 0.4) is 0 Å². The van der Waals surface area contributed by atoms with Gasteiger partial charge in [0, 0.05) is 24.5 Å². The average molecular weight is 302 g/mol. The van der Waals surface area contributed by atoms with E-state index in [0.717, 1.165) is 32.7 Å². The second-order valence-corrected chi connectivity index (χ2v) is 6.36. The first-order chi connectivity index (χ1) is 10.2. The van der Waals surface area contributed by atoms with Gasteiger partial charge >= 0.3 is 0 Å². The highest BCUT2D eigenvalue weighted by Crippen LogP contribution is 2.16. The van der Waals surface area contributed by atoms with Crippen LogP contribution in [0.25, 0.3) is 0 Å². The van der Waals surface area contributed by atoms with E-state index in [1.807, 2.05) is 11.3 Å². The summed E-state index contributed by atoms with van der Waals surface area (Å²) in [5, 5.41) is 5.75. The number of rotatable bonds is 8. The lowest BCUT2D eigenvalue weighted by Gasteiger charge is -2.20. The Bertz CT molecular complexity index is 544. The zero-order valence-electron chi connectivity index (χ0n) is 13.4. The predicted octanol–water partition coefficient (Wildman–Crippen LogP) is 4.19. The molecule has 2 aromatic rings. The Kier molecular flexibility index (Phi) is 6.43. The van der Waals surface area contributed by atoms with Gasteiger partial charge in [0.05, 0.1) is 0 Å². The Labute approximate surface area is 132 Å². The van der Waals surface area contributed by atoms with Gasteiger partial charge in [0.15, 0.2) is 0 Å². The highest BCUT2D eigenvalue weighted by Gasteiger charge is 2.06. The summed E-state index contributed by atoms with van der Waals surface area (Å²) >= 11 is 1.84. The molecule has 1 aromatic heterocycles. The van der Waals surface area contributed by atoms with Crippen LogP contribution in [-0.2, 0) is 19.6 Å². The highest BCUT2D eigenvalue weighted by molar-refractivity contribution is 7.10. The van der Waals surface area contributed by atoms with Crippen LogP contribution in [0.5, 0.6) is 0 Å². The summed E-state index contributed by atoms with van der Waals surface area (Å²) in [6.07, 6.45) is 0. The molecule has 0 fully saturated rings. The SMILES string of the molecule is CCN(CC)Cc1ccccc1CNCc1sccc1C. The van der Waals surface area contributed by atoms with Crippen molar-refractivity contribution in [2.75, 3.05) is 13.1 Å². The van der Waals surface area contributed by atoms with E-state index in [-0.39, 0.29) is 0 Å². The van der Waals surface area contributed by atoms with Crippen molar-refractivity contribution < 1.29 is 0 Å². The Hall–Kier alpha value is -1.16. The van der Waals surface area contributed by atoms with Crippen molar-refractivity contribution in [1.29, 1.82) is 0 Å². The predicted molar refractivity (Wildman–Crippen MR) is 92.7 cm³/mol. The summed E-state index contributed by atoms with van der Waals surface area (Å²) in [5.41, 5.74) is 4.25. The Morgan fingerprint density at radius 3 is 2.33 bits per heavy atom. The van der Waals surface area contributed by atoms with Crippen LogP contribution < -0.4 is 5.32 Å². The lowest BCUT2D eigenvalue weighted by molar-refractivity contribution is 0.294. The van der Waals surface area contributed by atoms with E-state index < -0.39 is 0 Å². The molecule has 1 heterocycles. The molecule has 0 saturated carbocycles. The van der Waals surface area contributed by atoms with Crippen LogP contribution in [0.4, 0.5) is 0 Å². The fraction of sp³-hybridized carbons (Fsp3) is 0.444. The van der Waals surface area contributed by atoms with Gasteiger partial charge in [-0.2, -0.15) is 0 Å². The number of thiophene rings is 1. The minimum absolute atomic E-state index is 0.939. The zero-order valence-corrected chi connectivity index (χ0v) is 14.2. The normalized spacial score (nSPS) is 11.2. The van der Waals surface area contributed by atoms with Crippen LogP contribution >= 0.6 is 11.3 Å². The van der Waals surface area contributed by atoms with E-state index in [0.29, 0.717) is 0 Å². The first kappa shape index (κ1) is 16.2. The van der Waals surface area contributed by atoms with Crippen LogP contribution in [0.1, 0.15) is 35.4 Å². The van der Waals surface area contributed by atoms with Gasteiger partial charge in [-0.05, 0) is 48.2 Å². The molecule has 1 aromatic carbocycles. The van der Waals surface area contributed by atoms with Gasteiger partial charge in [-0.25, -0.2) is 0 Å². The van der Waals surface area contributed by atoms with Crippen molar-refractivity contribution in [2.24, 2.45) is 0 Å². The van der Waals surface area contributed by atoms with Crippen molar-refractivity contribution in [2.45, 2.75) is 40.4 Å². The van der Waals surface area contributed by atoms with E-state index in [2.05, 4.69) is 66.7 Å². The van der Waals surface area contributed by atoms with Gasteiger partial charge in [0.25, 0.3) is 0 Å². The average Bonchev–Trinajstić information content (AvgIpc) is 2.91. The van der Waals surface area contributed by atoms with Crippen molar-refractivity contribution >= 4 is 11.3 Å². The van der Waals surface area contributed by atoms with E-state index in [4.69, 9.17) is 0 Å². The van der Waals surface area contributed by atoms with E-state index in [1.54, 1.807) is 0 Å². The van der Waals surface area contributed by atoms with Crippen molar-refractivity contribution in [3.8, 4) is 0 Å². The van der Waals surface area contributed by atoms with Crippen molar-refractivity contribution in [1.82, 2.24) is 10.2 Å². The minimum atomic E-state index is 0.939. The number of hydrogen-bond donors (Lipinski definition) is 1. The van der Waals surface area contributed by atoms with Crippen molar-refractivity contribution in [3.63, 3.8) is 0 Å². The molecule has 1 N–H and O–H groups in total. The van der Waals surface area contributed by atoms with Gasteiger partial charge in [-0.3, -0.25) is 4.90 Å². The third kappa shape index (κ3) is 4.67. The Balaban J connectivity index is 1.95. The van der Waals surface area contributed by atoms with Gasteiger partial charge in [0.1, 0.15) is 0 Å². The Morgan fingerprint density at radius 1 is 1.00 bits per heavy atom. The van der Waals surface area contributed by atoms with E-state index in [1.165, 1.54) is 21.6 Å². The summed E-state index contributed by atoms with van der Waals surface area (Å²) in [6.45, 7) is 11.8. The van der Waals surface area contributed by atoms with Crippen LogP contribution in [-0.4, -0.2) is 18.0 Å². The number of benzene rings is 1. The summed E-state index contributed by atoms with van der Waals surface area (Å²) < 4.78 is 0. The maximum Gasteiger partial charge on any atom is 0.0305 e. The standard InChI is InChI=1S/C18H26N2S/c1-4-20(5-2)14-17-9-7-6-8-16(17)12-19-13-18-15(3)10-11-21-18/h6-11,19H,4-5,12-14H2,1-3H3. The summed E-state index contributed by atoms with van der Waals surface area (Å²) in [6, 6.07) is 11.0. The second-order valence-electron chi connectivity index (χ2n) is 5.36. The van der Waals surface area contributed by atoms with Crippen LogP contribution in [0.2, 0.25) is 0 Å². The summed E-state index contributed by atoms with van der Waals surface area (Å²) in [5.74, 6) is 0. The second kappa shape index (κ2) is 8.32. The molecular formula is C18H26N2S. The summed E-state index contributed by atoms with van der Waals surface area (Å²) in [4.78, 5) is 3.90. The number of aryl methyl sites for hydroxylation is 1. The third-order valence-corrected chi connectivity index (χ3v) is 5.00. The maximum atomic E-state index is 3.59. The number of nitrogens with zero attached hydrogens (tertiary/aromatic N) is 1. The minimum Gasteiger partial charge on any atom is -0.308 e. The molecule has 21 heavy (non-hydrogen) atoms. The lowest BCUT2D eigenvalue weighted by atomic mass is 10.1. The van der Waals surface area contributed by atoms with Gasteiger partial charge in [-0.1, -0.05) is 38.1 Å². The zero-order chi connectivity index (χ0) is 15.1. The smallest absolute Gasteiger partial charge is 0.0305 e. The van der Waals surface area contributed by atoms with Gasteiger partial charge < -0.3 is 5.32 Å².